The van der Waals surface area contributed by atoms with Crippen molar-refractivity contribution in [3.05, 3.63) is 65.3 Å². The Kier molecular flexibility index (Phi) is 4.91. The van der Waals surface area contributed by atoms with Crippen LogP contribution in [0.2, 0.25) is 0 Å². The summed E-state index contributed by atoms with van der Waals surface area (Å²) in [4.78, 5) is 23.3. The van der Waals surface area contributed by atoms with Gasteiger partial charge in [0.1, 0.15) is 5.67 Å². The molecule has 2 aromatic rings. The molecule has 8 rings (SSSR count). The molecule has 4 bridgehead atoms. The quantitative estimate of drug-likeness (QED) is 0.324. The van der Waals surface area contributed by atoms with Gasteiger partial charge in [-0.1, -0.05) is 12.1 Å². The number of benzene rings is 1. The summed E-state index contributed by atoms with van der Waals surface area (Å²) in [6, 6.07) is 9.73. The number of alkyl halides is 4. The van der Waals surface area contributed by atoms with Crippen LogP contribution in [-0.4, -0.2) is 23.1 Å². The summed E-state index contributed by atoms with van der Waals surface area (Å²) in [5, 5.41) is 0. The smallest absolute Gasteiger partial charge is 0.313 e. The number of rotatable bonds is 5. The zero-order valence-electron chi connectivity index (χ0n) is 19.9. The van der Waals surface area contributed by atoms with E-state index in [1.54, 1.807) is 18.2 Å². The Bertz CT molecular complexity index is 1220. The minimum Gasteiger partial charge on any atom is -0.313 e. The van der Waals surface area contributed by atoms with Gasteiger partial charge in [0.25, 0.3) is 0 Å². The Labute approximate surface area is 207 Å². The first-order valence-corrected chi connectivity index (χ1v) is 12.5. The number of amides is 1. The van der Waals surface area contributed by atoms with E-state index in [-0.39, 0.29) is 36.0 Å². The van der Waals surface area contributed by atoms with Crippen molar-refractivity contribution in [1.29, 1.82) is 0 Å². The number of carbonyl (C=O) groups excluding carboxylic acids is 1. The van der Waals surface area contributed by atoms with Crippen molar-refractivity contribution < 1.29 is 22.4 Å². The molecule has 188 valence electrons. The van der Waals surface area contributed by atoms with E-state index < -0.39 is 22.8 Å². The molecule has 0 spiro atoms. The summed E-state index contributed by atoms with van der Waals surface area (Å²) in [5.74, 6) is -0.0367. The maximum absolute atomic E-state index is 14.3. The lowest BCUT2D eigenvalue weighted by Gasteiger charge is -2.65. The zero-order valence-corrected chi connectivity index (χ0v) is 19.9. The van der Waals surface area contributed by atoms with Crippen LogP contribution in [0.1, 0.15) is 69.0 Å². The van der Waals surface area contributed by atoms with Crippen molar-refractivity contribution in [2.45, 2.75) is 75.0 Å². The molecule has 6 aliphatic carbocycles. The van der Waals surface area contributed by atoms with Gasteiger partial charge in [0.2, 0.25) is 5.91 Å². The fraction of sp³-hybridized carbons (Fsp3) is 0.536. The molecule has 1 heterocycles. The molecular formula is C28H27F4N3O. The van der Waals surface area contributed by atoms with Gasteiger partial charge in [0, 0.05) is 29.5 Å². The lowest BCUT2D eigenvalue weighted by Crippen LogP contribution is -2.71. The molecule has 0 aliphatic heterocycles. The van der Waals surface area contributed by atoms with E-state index in [9.17, 15) is 22.4 Å². The molecule has 1 aromatic heterocycles. The maximum atomic E-state index is 14.3. The highest BCUT2D eigenvalue weighted by atomic mass is 19.4. The minimum absolute atomic E-state index is 0.0367. The Morgan fingerprint density at radius 1 is 1.03 bits per heavy atom. The second-order valence-electron chi connectivity index (χ2n) is 11.7. The molecule has 8 heteroatoms. The summed E-state index contributed by atoms with van der Waals surface area (Å²) in [7, 11) is 0. The average molecular weight is 498 g/mol. The van der Waals surface area contributed by atoms with E-state index in [2.05, 4.69) is 9.83 Å². The second kappa shape index (κ2) is 7.53. The normalized spacial score (nSPS) is 34.3. The molecule has 0 unspecified atom stereocenters. The van der Waals surface area contributed by atoms with E-state index in [4.69, 9.17) is 6.57 Å². The van der Waals surface area contributed by atoms with Crippen molar-refractivity contribution in [2.75, 3.05) is 11.4 Å². The maximum Gasteiger partial charge on any atom is 0.417 e. The number of fused-ring (bicyclic) bond motifs is 3. The van der Waals surface area contributed by atoms with Gasteiger partial charge in [-0.05, 0) is 87.5 Å². The van der Waals surface area contributed by atoms with Crippen LogP contribution < -0.4 is 4.90 Å². The summed E-state index contributed by atoms with van der Waals surface area (Å²) in [6.07, 6.45) is 2.38. The van der Waals surface area contributed by atoms with Crippen LogP contribution in [0.3, 0.4) is 0 Å². The molecule has 36 heavy (non-hydrogen) atoms. The highest BCUT2D eigenvalue weighted by Gasteiger charge is 2.73. The van der Waals surface area contributed by atoms with Crippen LogP contribution in [0.25, 0.3) is 4.85 Å². The third-order valence-electron chi connectivity index (χ3n) is 9.46. The summed E-state index contributed by atoms with van der Waals surface area (Å²) in [5.41, 5.74) is -0.979. The van der Waals surface area contributed by atoms with E-state index in [0.29, 0.717) is 17.9 Å². The van der Waals surface area contributed by atoms with Crippen molar-refractivity contribution >= 4 is 17.3 Å². The average Bonchev–Trinajstić information content (AvgIpc) is 2.85. The molecule has 4 nitrogen and oxygen atoms in total. The standard InChI is InChI=1S/C28H27F4N3O/c1-33-20-3-2-4-21(13-20)35(23(36)26-15-27(29,16-26)17-26)18-24-7-10-25(11-8-24,12-9-24)22-6-5-19(14-34-22)28(30,31)32/h2-6,13-14H,7-12,15-18H2. The molecule has 1 amide bonds. The number of aromatic nitrogens is 1. The van der Waals surface area contributed by atoms with Crippen molar-refractivity contribution in [3.63, 3.8) is 0 Å². The molecule has 0 N–H and O–H groups in total. The predicted octanol–water partition coefficient (Wildman–Crippen LogP) is 7.17. The lowest BCUT2D eigenvalue weighted by molar-refractivity contribution is -0.211. The molecule has 6 saturated carbocycles. The second-order valence-corrected chi connectivity index (χ2v) is 11.7. The molecular weight excluding hydrogens is 470 g/mol. The van der Waals surface area contributed by atoms with E-state index in [1.807, 2.05) is 11.0 Å². The van der Waals surface area contributed by atoms with Crippen LogP contribution in [0, 0.1) is 17.4 Å². The number of nitrogens with zero attached hydrogens (tertiary/aromatic N) is 3. The van der Waals surface area contributed by atoms with E-state index in [1.165, 1.54) is 6.07 Å². The Morgan fingerprint density at radius 2 is 1.69 bits per heavy atom. The van der Waals surface area contributed by atoms with Crippen LogP contribution in [-0.2, 0) is 16.4 Å². The number of halogens is 4. The molecule has 6 aliphatic rings. The zero-order chi connectivity index (χ0) is 25.4. The van der Waals surface area contributed by atoms with Gasteiger partial charge in [0.15, 0.2) is 5.69 Å². The number of anilines is 1. The number of hydrogen-bond donors (Lipinski definition) is 0. The van der Waals surface area contributed by atoms with Gasteiger partial charge in [-0.3, -0.25) is 9.78 Å². The predicted molar refractivity (Wildman–Crippen MR) is 126 cm³/mol. The topological polar surface area (TPSA) is 37.6 Å². The molecule has 6 fully saturated rings. The highest BCUT2D eigenvalue weighted by Crippen LogP contribution is 2.70. The van der Waals surface area contributed by atoms with Crippen LogP contribution in [0.15, 0.2) is 42.6 Å². The first-order chi connectivity index (χ1) is 17.0. The summed E-state index contributed by atoms with van der Waals surface area (Å²) in [6.45, 7) is 7.90. The molecule has 0 radical (unpaired) electrons. The van der Waals surface area contributed by atoms with Crippen molar-refractivity contribution in [3.8, 4) is 0 Å². The van der Waals surface area contributed by atoms with Gasteiger partial charge in [-0.15, -0.1) is 0 Å². The monoisotopic (exact) mass is 497 g/mol. The van der Waals surface area contributed by atoms with E-state index >= 15 is 0 Å². The summed E-state index contributed by atoms with van der Waals surface area (Å²) >= 11 is 0. The third-order valence-corrected chi connectivity index (χ3v) is 9.46. The minimum atomic E-state index is -4.40. The van der Waals surface area contributed by atoms with Crippen LogP contribution in [0.4, 0.5) is 28.9 Å². The molecule has 0 saturated heterocycles. The number of carbonyl (C=O) groups is 1. The first kappa shape index (κ1) is 23.4. The van der Waals surface area contributed by atoms with Gasteiger partial charge < -0.3 is 4.90 Å². The molecule has 0 atom stereocenters. The summed E-state index contributed by atoms with van der Waals surface area (Å²) < 4.78 is 53.3. The van der Waals surface area contributed by atoms with Gasteiger partial charge in [-0.2, -0.15) is 13.2 Å². The largest absolute Gasteiger partial charge is 0.417 e. The lowest BCUT2D eigenvalue weighted by atomic mass is 9.41. The fourth-order valence-corrected chi connectivity index (χ4v) is 7.28. The Morgan fingerprint density at radius 3 is 2.22 bits per heavy atom. The number of pyridine rings is 1. The SMILES string of the molecule is [C-]#[N+]c1cccc(N(CC23CCC(c4ccc(C(F)(F)F)cn4)(CC2)CC3)C(=O)C23CC(F)(C2)C3)c1. The first-order valence-electron chi connectivity index (χ1n) is 12.5. The third kappa shape index (κ3) is 3.54. The number of hydrogen-bond acceptors (Lipinski definition) is 2. The Balaban J connectivity index is 1.23. The van der Waals surface area contributed by atoms with Gasteiger partial charge >= 0.3 is 6.18 Å². The fourth-order valence-electron chi connectivity index (χ4n) is 7.28. The van der Waals surface area contributed by atoms with Crippen LogP contribution in [0.5, 0.6) is 0 Å². The Hall–Kier alpha value is -2.95. The van der Waals surface area contributed by atoms with Crippen molar-refractivity contribution in [2.24, 2.45) is 10.8 Å². The van der Waals surface area contributed by atoms with Crippen LogP contribution >= 0.6 is 0 Å². The van der Waals surface area contributed by atoms with Gasteiger partial charge in [-0.25, -0.2) is 9.24 Å². The van der Waals surface area contributed by atoms with Crippen molar-refractivity contribution in [1.82, 2.24) is 4.98 Å². The molecule has 1 aromatic carbocycles. The highest BCUT2D eigenvalue weighted by molar-refractivity contribution is 6.00. The van der Waals surface area contributed by atoms with E-state index in [0.717, 1.165) is 56.5 Å². The van der Waals surface area contributed by atoms with Gasteiger partial charge in [0.05, 0.1) is 17.6 Å².